The van der Waals surface area contributed by atoms with Gasteiger partial charge in [-0.05, 0) is 25.0 Å². The molecule has 1 aliphatic heterocycles. The van der Waals surface area contributed by atoms with Crippen LogP contribution in [-0.4, -0.2) is 53.4 Å². The lowest BCUT2D eigenvalue weighted by atomic mass is 9.98. The van der Waals surface area contributed by atoms with Crippen LogP contribution in [0.25, 0.3) is 0 Å². The van der Waals surface area contributed by atoms with Crippen LogP contribution in [0.1, 0.15) is 32.1 Å². The molecule has 29 heavy (non-hydrogen) atoms. The van der Waals surface area contributed by atoms with E-state index in [1.807, 2.05) is 5.32 Å². The zero-order valence-electron chi connectivity index (χ0n) is 15.7. The number of esters is 1. The quantitative estimate of drug-likeness (QED) is 0.482. The monoisotopic (exact) mass is 402 g/mol. The number of anilines is 1. The number of hydrogen-bond acceptors (Lipinski definition) is 6. The highest BCUT2D eigenvalue weighted by atomic mass is 16.5. The first-order valence-corrected chi connectivity index (χ1v) is 9.35. The van der Waals surface area contributed by atoms with Gasteiger partial charge in [-0.1, -0.05) is 31.0 Å². The maximum atomic E-state index is 12.5. The number of carbonyl (C=O) groups is 5. The maximum absolute atomic E-state index is 12.5. The van der Waals surface area contributed by atoms with Gasteiger partial charge in [0.15, 0.2) is 6.61 Å². The third-order valence-corrected chi connectivity index (χ3v) is 4.89. The summed E-state index contributed by atoms with van der Waals surface area (Å²) in [5.74, 6) is -1.87. The van der Waals surface area contributed by atoms with Gasteiger partial charge < -0.3 is 15.4 Å². The first kappa shape index (κ1) is 20.3. The number of nitrogens with zero attached hydrogens (tertiary/aromatic N) is 1. The summed E-state index contributed by atoms with van der Waals surface area (Å²) in [5.41, 5.74) is -0.323. The highest BCUT2D eigenvalue weighted by Gasteiger charge is 2.52. The van der Waals surface area contributed by atoms with Crippen LogP contribution in [-0.2, 0) is 19.1 Å². The van der Waals surface area contributed by atoms with Crippen LogP contribution >= 0.6 is 0 Å². The molecule has 3 rings (SSSR count). The normalized spacial score (nSPS) is 17.2. The highest BCUT2D eigenvalue weighted by molar-refractivity contribution is 6.07. The number of benzene rings is 1. The highest BCUT2D eigenvalue weighted by Crippen LogP contribution is 2.35. The summed E-state index contributed by atoms with van der Waals surface area (Å²) >= 11 is 0. The largest absolute Gasteiger partial charge is 0.456 e. The van der Waals surface area contributed by atoms with E-state index in [0.717, 1.165) is 17.7 Å². The van der Waals surface area contributed by atoms with Crippen molar-refractivity contribution in [3.63, 3.8) is 0 Å². The first-order valence-electron chi connectivity index (χ1n) is 9.35. The van der Waals surface area contributed by atoms with Crippen LogP contribution in [0.5, 0.6) is 0 Å². The van der Waals surface area contributed by atoms with E-state index in [4.69, 9.17) is 4.74 Å². The Kier molecular flexibility index (Phi) is 6.10. The van der Waals surface area contributed by atoms with Crippen molar-refractivity contribution in [1.82, 2.24) is 15.5 Å². The third-order valence-electron chi connectivity index (χ3n) is 4.89. The van der Waals surface area contributed by atoms with E-state index < -0.39 is 36.1 Å². The van der Waals surface area contributed by atoms with Gasteiger partial charge in [0.25, 0.3) is 11.8 Å². The van der Waals surface area contributed by atoms with Crippen molar-refractivity contribution in [3.05, 3.63) is 30.3 Å². The molecule has 154 valence electrons. The van der Waals surface area contributed by atoms with Crippen molar-refractivity contribution in [2.24, 2.45) is 0 Å². The number of rotatable bonds is 6. The lowest BCUT2D eigenvalue weighted by molar-refractivity contribution is -0.148. The van der Waals surface area contributed by atoms with Gasteiger partial charge >= 0.3 is 18.0 Å². The fourth-order valence-corrected chi connectivity index (χ4v) is 3.46. The van der Waals surface area contributed by atoms with Crippen molar-refractivity contribution in [1.29, 1.82) is 0 Å². The molecule has 2 fully saturated rings. The minimum atomic E-state index is -0.826. The molecular formula is C19H22N4O6. The van der Waals surface area contributed by atoms with E-state index in [-0.39, 0.29) is 18.9 Å². The Morgan fingerprint density at radius 3 is 2.48 bits per heavy atom. The number of ether oxygens (including phenoxy) is 1. The lowest BCUT2D eigenvalue weighted by Crippen LogP contribution is -2.44. The van der Waals surface area contributed by atoms with Crippen molar-refractivity contribution in [2.45, 2.75) is 37.6 Å². The molecule has 1 aromatic rings. The number of carbonyl (C=O) groups excluding carboxylic acids is 5. The summed E-state index contributed by atoms with van der Waals surface area (Å²) in [6, 6.07) is 7.25. The summed E-state index contributed by atoms with van der Waals surface area (Å²) in [6.45, 7) is -0.771. The van der Waals surface area contributed by atoms with Gasteiger partial charge in [-0.2, -0.15) is 0 Å². The van der Waals surface area contributed by atoms with Gasteiger partial charge in [-0.3, -0.25) is 24.6 Å². The summed E-state index contributed by atoms with van der Waals surface area (Å²) in [4.78, 5) is 60.7. The van der Waals surface area contributed by atoms with Crippen LogP contribution in [0.4, 0.5) is 15.3 Å². The van der Waals surface area contributed by atoms with Crippen LogP contribution in [0, 0.1) is 0 Å². The van der Waals surface area contributed by atoms with Crippen LogP contribution in [0.2, 0.25) is 0 Å². The Bertz CT molecular complexity index is 819. The Balaban J connectivity index is 1.37. The van der Waals surface area contributed by atoms with Gasteiger partial charge in [-0.25, -0.2) is 9.59 Å². The van der Waals surface area contributed by atoms with Gasteiger partial charge in [-0.15, -0.1) is 0 Å². The number of nitrogens with one attached hydrogen (secondary N) is 3. The molecule has 0 bridgehead atoms. The SMILES string of the molecule is O=C(COC(=O)CCN1C(=O)NC2(CCCC2)C1=O)NC(=O)Nc1ccccc1. The molecule has 0 aromatic heterocycles. The van der Waals surface area contributed by atoms with Crippen LogP contribution in [0.15, 0.2) is 30.3 Å². The summed E-state index contributed by atoms with van der Waals surface area (Å²) < 4.78 is 4.80. The molecule has 10 nitrogen and oxygen atoms in total. The third kappa shape index (κ3) is 4.89. The second-order valence-corrected chi connectivity index (χ2v) is 6.96. The van der Waals surface area contributed by atoms with Gasteiger partial charge in [0.05, 0.1) is 6.42 Å². The van der Waals surface area contributed by atoms with Gasteiger partial charge in [0.1, 0.15) is 5.54 Å². The van der Waals surface area contributed by atoms with Crippen molar-refractivity contribution >= 4 is 35.5 Å². The number of urea groups is 2. The van der Waals surface area contributed by atoms with E-state index in [0.29, 0.717) is 18.5 Å². The molecule has 3 N–H and O–H groups in total. The van der Waals surface area contributed by atoms with Crippen molar-refractivity contribution in [3.8, 4) is 0 Å². The second kappa shape index (κ2) is 8.72. The molecule has 1 saturated heterocycles. The number of hydrogen-bond donors (Lipinski definition) is 3. The molecule has 1 aliphatic carbocycles. The van der Waals surface area contributed by atoms with Crippen molar-refractivity contribution in [2.75, 3.05) is 18.5 Å². The molecule has 0 atom stereocenters. The van der Waals surface area contributed by atoms with E-state index in [9.17, 15) is 24.0 Å². The number of imide groups is 2. The summed E-state index contributed by atoms with van der Waals surface area (Å²) in [5, 5.41) is 7.21. The topological polar surface area (TPSA) is 134 Å². The molecule has 2 aliphatic rings. The molecule has 10 heteroatoms. The predicted molar refractivity (Wildman–Crippen MR) is 101 cm³/mol. The Labute approximate surface area is 166 Å². The molecule has 1 heterocycles. The second-order valence-electron chi connectivity index (χ2n) is 6.96. The average Bonchev–Trinajstić information content (AvgIpc) is 3.24. The fourth-order valence-electron chi connectivity index (χ4n) is 3.46. The van der Waals surface area contributed by atoms with E-state index in [1.165, 1.54) is 0 Å². The maximum Gasteiger partial charge on any atom is 0.325 e. The summed E-state index contributed by atoms with van der Waals surface area (Å²) in [6.07, 6.45) is 2.70. The van der Waals surface area contributed by atoms with Gasteiger partial charge in [0.2, 0.25) is 0 Å². The number of amides is 6. The number of para-hydroxylation sites is 1. The summed E-state index contributed by atoms with van der Waals surface area (Å²) in [7, 11) is 0. The standard InChI is InChI=1S/C19H22N4O6/c24-14(21-17(27)20-13-6-2-1-3-7-13)12-29-15(25)8-11-23-16(26)19(22-18(23)28)9-4-5-10-19/h1-3,6-7H,4-5,8-12H2,(H,22,28)(H2,20,21,24,27). The van der Waals surface area contributed by atoms with Crippen molar-refractivity contribution < 1.29 is 28.7 Å². The Hall–Kier alpha value is -3.43. The molecule has 1 spiro atoms. The van der Waals surface area contributed by atoms with Gasteiger partial charge in [0, 0.05) is 12.2 Å². The molecule has 0 radical (unpaired) electrons. The zero-order chi connectivity index (χ0) is 20.9. The van der Waals surface area contributed by atoms with Crippen LogP contribution < -0.4 is 16.0 Å². The molecule has 1 aromatic carbocycles. The average molecular weight is 402 g/mol. The zero-order valence-corrected chi connectivity index (χ0v) is 15.7. The Morgan fingerprint density at radius 2 is 1.79 bits per heavy atom. The minimum Gasteiger partial charge on any atom is -0.456 e. The first-order chi connectivity index (χ1) is 13.9. The smallest absolute Gasteiger partial charge is 0.325 e. The molecule has 0 unspecified atom stereocenters. The van der Waals surface area contributed by atoms with E-state index >= 15 is 0 Å². The molecular weight excluding hydrogens is 380 g/mol. The Morgan fingerprint density at radius 1 is 1.10 bits per heavy atom. The molecule has 6 amide bonds. The van der Waals surface area contributed by atoms with E-state index in [1.54, 1.807) is 30.3 Å². The van der Waals surface area contributed by atoms with Crippen LogP contribution in [0.3, 0.4) is 0 Å². The lowest BCUT2D eigenvalue weighted by Gasteiger charge is -2.19. The molecule has 1 saturated carbocycles. The fraction of sp³-hybridized carbons (Fsp3) is 0.421. The predicted octanol–water partition coefficient (Wildman–Crippen LogP) is 1.13. The van der Waals surface area contributed by atoms with E-state index in [2.05, 4.69) is 10.6 Å². The minimum absolute atomic E-state index is 0.124.